The van der Waals surface area contributed by atoms with Gasteiger partial charge in [0.05, 0.1) is 11.6 Å². The quantitative estimate of drug-likeness (QED) is 0.928. The SMILES string of the molecule is COc1ccc(C(O)c2cccc(F)c2F)cc1Br. The molecule has 0 radical (unpaired) electrons. The van der Waals surface area contributed by atoms with E-state index in [1.54, 1.807) is 18.2 Å². The van der Waals surface area contributed by atoms with Crippen molar-refractivity contribution in [2.45, 2.75) is 6.10 Å². The fourth-order valence-electron chi connectivity index (χ4n) is 1.76. The van der Waals surface area contributed by atoms with Gasteiger partial charge < -0.3 is 9.84 Å². The fraction of sp³-hybridized carbons (Fsp3) is 0.143. The summed E-state index contributed by atoms with van der Waals surface area (Å²) in [6, 6.07) is 8.55. The molecule has 2 nitrogen and oxygen atoms in total. The molecule has 0 aromatic heterocycles. The van der Waals surface area contributed by atoms with Crippen LogP contribution in [0.1, 0.15) is 17.2 Å². The van der Waals surface area contributed by atoms with Crippen molar-refractivity contribution >= 4 is 15.9 Å². The molecule has 0 aliphatic rings. The van der Waals surface area contributed by atoms with E-state index in [0.717, 1.165) is 6.07 Å². The molecule has 0 fully saturated rings. The molecule has 0 saturated heterocycles. The largest absolute Gasteiger partial charge is 0.496 e. The molecule has 19 heavy (non-hydrogen) atoms. The maximum Gasteiger partial charge on any atom is 0.164 e. The minimum absolute atomic E-state index is 0.0999. The molecule has 0 amide bonds. The molecule has 2 rings (SSSR count). The molecule has 0 heterocycles. The Kier molecular flexibility index (Phi) is 4.17. The number of methoxy groups -OCH3 is 1. The van der Waals surface area contributed by atoms with Gasteiger partial charge in [0.25, 0.3) is 0 Å². The molecular formula is C14H11BrF2O2. The summed E-state index contributed by atoms with van der Waals surface area (Å²) in [5.74, 6) is -1.43. The van der Waals surface area contributed by atoms with Crippen LogP contribution in [0.4, 0.5) is 8.78 Å². The van der Waals surface area contributed by atoms with E-state index >= 15 is 0 Å². The minimum Gasteiger partial charge on any atom is -0.496 e. The topological polar surface area (TPSA) is 29.5 Å². The Morgan fingerprint density at radius 3 is 2.58 bits per heavy atom. The van der Waals surface area contributed by atoms with Crippen LogP contribution in [0.25, 0.3) is 0 Å². The lowest BCUT2D eigenvalue weighted by molar-refractivity contribution is 0.213. The predicted octanol–water partition coefficient (Wildman–Crippen LogP) is 3.82. The molecule has 0 aliphatic carbocycles. The summed E-state index contributed by atoms with van der Waals surface area (Å²) in [6.45, 7) is 0. The summed E-state index contributed by atoms with van der Waals surface area (Å²) in [6.07, 6.45) is -1.24. The first-order valence-corrected chi connectivity index (χ1v) is 6.29. The molecule has 0 spiro atoms. The number of halogens is 3. The van der Waals surface area contributed by atoms with Gasteiger partial charge in [0.15, 0.2) is 11.6 Å². The van der Waals surface area contributed by atoms with Gasteiger partial charge in [-0.1, -0.05) is 18.2 Å². The summed E-state index contributed by atoms with van der Waals surface area (Å²) in [5, 5.41) is 10.1. The van der Waals surface area contributed by atoms with Gasteiger partial charge in [0, 0.05) is 5.56 Å². The maximum atomic E-state index is 13.6. The van der Waals surface area contributed by atoms with Gasteiger partial charge in [-0.3, -0.25) is 0 Å². The van der Waals surface area contributed by atoms with Gasteiger partial charge in [-0.15, -0.1) is 0 Å². The van der Waals surface area contributed by atoms with Crippen LogP contribution in [0.5, 0.6) is 5.75 Å². The number of aliphatic hydroxyl groups is 1. The van der Waals surface area contributed by atoms with Crippen molar-refractivity contribution in [3.05, 3.63) is 63.6 Å². The van der Waals surface area contributed by atoms with Crippen molar-refractivity contribution in [2.75, 3.05) is 7.11 Å². The van der Waals surface area contributed by atoms with E-state index in [1.807, 2.05) is 0 Å². The van der Waals surface area contributed by atoms with E-state index < -0.39 is 17.7 Å². The molecule has 0 bridgehead atoms. The monoisotopic (exact) mass is 328 g/mol. The summed E-state index contributed by atoms with van der Waals surface area (Å²) in [5.41, 5.74) is 0.342. The normalized spacial score (nSPS) is 12.3. The Bertz CT molecular complexity index is 602. The lowest BCUT2D eigenvalue weighted by Crippen LogP contribution is -2.04. The number of benzene rings is 2. The lowest BCUT2D eigenvalue weighted by Gasteiger charge is -2.14. The van der Waals surface area contributed by atoms with Gasteiger partial charge in [-0.2, -0.15) is 0 Å². The van der Waals surface area contributed by atoms with Gasteiger partial charge in [0.2, 0.25) is 0 Å². The third-order valence-corrected chi connectivity index (χ3v) is 3.39. The third kappa shape index (κ3) is 2.77. The minimum atomic E-state index is -1.24. The smallest absolute Gasteiger partial charge is 0.164 e. The highest BCUT2D eigenvalue weighted by atomic mass is 79.9. The van der Waals surface area contributed by atoms with Gasteiger partial charge in [0.1, 0.15) is 11.9 Å². The molecule has 5 heteroatoms. The molecule has 1 N–H and O–H groups in total. The van der Waals surface area contributed by atoms with E-state index in [-0.39, 0.29) is 5.56 Å². The van der Waals surface area contributed by atoms with Crippen LogP contribution >= 0.6 is 15.9 Å². The number of aliphatic hydroxyl groups excluding tert-OH is 1. The fourth-order valence-corrected chi connectivity index (χ4v) is 2.32. The van der Waals surface area contributed by atoms with Crippen LogP contribution < -0.4 is 4.74 Å². The first-order chi connectivity index (χ1) is 9.04. The zero-order valence-electron chi connectivity index (χ0n) is 10.0. The second-order valence-corrected chi connectivity index (χ2v) is 4.79. The van der Waals surface area contributed by atoms with Crippen LogP contribution in [-0.2, 0) is 0 Å². The highest BCUT2D eigenvalue weighted by Crippen LogP contribution is 2.31. The van der Waals surface area contributed by atoms with Crippen LogP contribution in [0, 0.1) is 11.6 Å². The first kappa shape index (κ1) is 14.0. The van der Waals surface area contributed by atoms with Crippen molar-refractivity contribution in [3.8, 4) is 5.75 Å². The molecule has 1 unspecified atom stereocenters. The summed E-state index contributed by atoms with van der Waals surface area (Å²) in [7, 11) is 1.52. The van der Waals surface area contributed by atoms with Crippen LogP contribution in [0.15, 0.2) is 40.9 Å². The Hall–Kier alpha value is -1.46. The van der Waals surface area contributed by atoms with E-state index in [9.17, 15) is 13.9 Å². The van der Waals surface area contributed by atoms with Crippen molar-refractivity contribution in [1.82, 2.24) is 0 Å². The predicted molar refractivity (Wildman–Crippen MR) is 71.1 cm³/mol. The summed E-state index contributed by atoms with van der Waals surface area (Å²) in [4.78, 5) is 0. The number of ether oxygens (including phenoxy) is 1. The second-order valence-electron chi connectivity index (χ2n) is 3.94. The molecule has 1 atom stereocenters. The Morgan fingerprint density at radius 1 is 1.21 bits per heavy atom. The van der Waals surface area contributed by atoms with E-state index in [4.69, 9.17) is 4.74 Å². The summed E-state index contributed by atoms with van der Waals surface area (Å²) < 4.78 is 32.4. The third-order valence-electron chi connectivity index (χ3n) is 2.77. The van der Waals surface area contributed by atoms with Crippen molar-refractivity contribution in [3.63, 3.8) is 0 Å². The van der Waals surface area contributed by atoms with E-state index in [2.05, 4.69) is 15.9 Å². The maximum absolute atomic E-state index is 13.6. The standard InChI is InChI=1S/C14H11BrF2O2/c1-19-12-6-5-8(7-10(12)15)14(18)9-3-2-4-11(16)13(9)17/h2-7,14,18H,1H3. The van der Waals surface area contributed by atoms with Crippen LogP contribution in [0.2, 0.25) is 0 Å². The molecule has 0 aliphatic heterocycles. The van der Waals surface area contributed by atoms with Crippen molar-refractivity contribution in [2.24, 2.45) is 0 Å². The average molecular weight is 329 g/mol. The van der Waals surface area contributed by atoms with Crippen molar-refractivity contribution in [1.29, 1.82) is 0 Å². The molecule has 0 saturated carbocycles. The van der Waals surface area contributed by atoms with E-state index in [1.165, 1.54) is 19.2 Å². The van der Waals surface area contributed by atoms with Crippen LogP contribution in [-0.4, -0.2) is 12.2 Å². The van der Waals surface area contributed by atoms with Crippen LogP contribution in [0.3, 0.4) is 0 Å². The Balaban J connectivity index is 2.41. The van der Waals surface area contributed by atoms with E-state index in [0.29, 0.717) is 15.8 Å². The first-order valence-electron chi connectivity index (χ1n) is 5.50. The molecule has 100 valence electrons. The zero-order valence-corrected chi connectivity index (χ0v) is 11.6. The Morgan fingerprint density at radius 2 is 1.95 bits per heavy atom. The van der Waals surface area contributed by atoms with Gasteiger partial charge >= 0.3 is 0 Å². The van der Waals surface area contributed by atoms with Gasteiger partial charge in [-0.25, -0.2) is 8.78 Å². The second kappa shape index (κ2) is 5.67. The highest BCUT2D eigenvalue weighted by Gasteiger charge is 2.18. The van der Waals surface area contributed by atoms with Gasteiger partial charge in [-0.05, 0) is 39.7 Å². The molecular weight excluding hydrogens is 318 g/mol. The summed E-state index contributed by atoms with van der Waals surface area (Å²) >= 11 is 3.28. The highest BCUT2D eigenvalue weighted by molar-refractivity contribution is 9.10. The molecule has 2 aromatic rings. The number of rotatable bonds is 3. The zero-order chi connectivity index (χ0) is 14.0. The number of hydrogen-bond donors (Lipinski definition) is 1. The Labute approximate surface area is 117 Å². The lowest BCUT2D eigenvalue weighted by atomic mass is 10.0. The molecule has 2 aromatic carbocycles. The number of hydrogen-bond acceptors (Lipinski definition) is 2. The van der Waals surface area contributed by atoms with Crippen molar-refractivity contribution < 1.29 is 18.6 Å². The average Bonchev–Trinajstić information content (AvgIpc) is 2.41.